The molecule has 0 aliphatic heterocycles. The fraction of sp³-hybridized carbons (Fsp3) is 0.150. The Kier molecular flexibility index (Phi) is 5.40. The normalized spacial score (nSPS) is 11.0. The molecule has 9 nitrogen and oxygen atoms in total. The first-order valence-electron chi connectivity index (χ1n) is 8.75. The van der Waals surface area contributed by atoms with Crippen LogP contribution in [0.1, 0.15) is 32.7 Å². The summed E-state index contributed by atoms with van der Waals surface area (Å²) in [5, 5.41) is 17.8. The second-order valence-corrected chi connectivity index (χ2v) is 6.53. The minimum atomic E-state index is -0.740. The molecule has 1 amide bonds. The van der Waals surface area contributed by atoms with Crippen LogP contribution in [0.25, 0.3) is 5.69 Å². The SMILES string of the molecule is Cc1ccc(-n2[nH]c(C)c(C=NNC(=O)c3ccccc3[N+](=O)[O-])c2=O)cc1C. The fourth-order valence-electron chi connectivity index (χ4n) is 2.80. The zero-order valence-corrected chi connectivity index (χ0v) is 16.1. The Bertz CT molecular complexity index is 1190. The van der Waals surface area contributed by atoms with Gasteiger partial charge in [0.05, 0.1) is 22.4 Å². The van der Waals surface area contributed by atoms with Crippen molar-refractivity contribution in [3.63, 3.8) is 0 Å². The number of aromatic nitrogens is 2. The molecule has 2 aromatic carbocycles. The summed E-state index contributed by atoms with van der Waals surface area (Å²) in [6, 6.07) is 11.2. The molecule has 0 unspecified atom stereocenters. The Hall–Kier alpha value is -4.01. The Labute approximate surface area is 165 Å². The number of aryl methyl sites for hydroxylation is 3. The quantitative estimate of drug-likeness (QED) is 0.393. The highest BCUT2D eigenvalue weighted by molar-refractivity contribution is 5.98. The molecular weight excluding hydrogens is 374 g/mol. The molecular formula is C20H19N5O4. The lowest BCUT2D eigenvalue weighted by Gasteiger charge is -2.05. The van der Waals surface area contributed by atoms with Crippen molar-refractivity contribution in [1.82, 2.24) is 15.2 Å². The van der Waals surface area contributed by atoms with E-state index in [4.69, 9.17) is 0 Å². The van der Waals surface area contributed by atoms with Crippen LogP contribution < -0.4 is 11.0 Å². The zero-order valence-electron chi connectivity index (χ0n) is 16.1. The molecule has 3 aromatic rings. The van der Waals surface area contributed by atoms with Crippen LogP contribution in [-0.4, -0.2) is 26.8 Å². The molecule has 1 heterocycles. The maximum atomic E-state index is 12.7. The number of nitro benzene ring substituents is 1. The molecule has 148 valence electrons. The number of hydrazone groups is 1. The maximum absolute atomic E-state index is 12.7. The van der Waals surface area contributed by atoms with Crippen molar-refractivity contribution < 1.29 is 9.72 Å². The molecule has 1 aromatic heterocycles. The lowest BCUT2D eigenvalue weighted by atomic mass is 10.1. The lowest BCUT2D eigenvalue weighted by Crippen LogP contribution is -2.21. The van der Waals surface area contributed by atoms with Crippen LogP contribution in [0.15, 0.2) is 52.4 Å². The topological polar surface area (TPSA) is 122 Å². The molecule has 0 saturated heterocycles. The number of nitrogens with zero attached hydrogens (tertiary/aromatic N) is 3. The summed E-state index contributed by atoms with van der Waals surface area (Å²) in [6.07, 6.45) is 1.22. The average molecular weight is 393 g/mol. The van der Waals surface area contributed by atoms with Gasteiger partial charge in [-0.2, -0.15) is 5.10 Å². The van der Waals surface area contributed by atoms with E-state index in [1.54, 1.807) is 6.92 Å². The van der Waals surface area contributed by atoms with Crippen molar-refractivity contribution in [2.45, 2.75) is 20.8 Å². The van der Waals surface area contributed by atoms with Gasteiger partial charge in [0.15, 0.2) is 0 Å². The predicted molar refractivity (Wildman–Crippen MR) is 109 cm³/mol. The first-order valence-corrected chi connectivity index (χ1v) is 8.75. The molecule has 0 bridgehead atoms. The van der Waals surface area contributed by atoms with E-state index in [0.717, 1.165) is 11.1 Å². The van der Waals surface area contributed by atoms with E-state index in [2.05, 4.69) is 15.6 Å². The Morgan fingerprint density at radius 1 is 1.17 bits per heavy atom. The van der Waals surface area contributed by atoms with Crippen molar-refractivity contribution in [2.24, 2.45) is 5.10 Å². The number of para-hydroxylation sites is 1. The Morgan fingerprint density at radius 3 is 2.59 bits per heavy atom. The standard InChI is InChI=1S/C20H19N5O4/c1-12-8-9-15(10-13(12)2)24-20(27)17(14(3)23-24)11-21-22-19(26)16-6-4-5-7-18(16)25(28)29/h4-11,23H,1-3H3,(H,22,26). The van der Waals surface area contributed by atoms with E-state index in [1.165, 1.54) is 35.2 Å². The summed E-state index contributed by atoms with van der Waals surface area (Å²) in [5.41, 5.74) is 5.15. The van der Waals surface area contributed by atoms with Gasteiger partial charge in [-0.3, -0.25) is 24.8 Å². The van der Waals surface area contributed by atoms with Crippen molar-refractivity contribution in [3.05, 3.63) is 90.9 Å². The summed E-state index contributed by atoms with van der Waals surface area (Å²) < 4.78 is 1.40. The number of carbonyl (C=O) groups is 1. The van der Waals surface area contributed by atoms with Crippen LogP contribution in [0.3, 0.4) is 0 Å². The van der Waals surface area contributed by atoms with Crippen LogP contribution in [0.4, 0.5) is 5.69 Å². The van der Waals surface area contributed by atoms with E-state index < -0.39 is 10.8 Å². The third-order valence-corrected chi connectivity index (χ3v) is 4.57. The summed E-state index contributed by atoms with van der Waals surface area (Å²) >= 11 is 0. The lowest BCUT2D eigenvalue weighted by molar-refractivity contribution is -0.385. The Balaban J connectivity index is 1.84. The van der Waals surface area contributed by atoms with Crippen molar-refractivity contribution in [3.8, 4) is 5.69 Å². The van der Waals surface area contributed by atoms with Crippen molar-refractivity contribution in [1.29, 1.82) is 0 Å². The van der Waals surface area contributed by atoms with E-state index in [1.807, 2.05) is 32.0 Å². The molecule has 0 atom stereocenters. The molecule has 0 aliphatic carbocycles. The van der Waals surface area contributed by atoms with Gasteiger partial charge in [-0.25, -0.2) is 10.1 Å². The van der Waals surface area contributed by atoms with Gasteiger partial charge < -0.3 is 0 Å². The van der Waals surface area contributed by atoms with Gasteiger partial charge in [0.25, 0.3) is 17.2 Å². The summed E-state index contributed by atoms with van der Waals surface area (Å²) in [7, 11) is 0. The number of nitrogens with one attached hydrogen (secondary N) is 2. The minimum absolute atomic E-state index is 0.118. The minimum Gasteiger partial charge on any atom is -0.295 e. The van der Waals surface area contributed by atoms with Crippen LogP contribution in [0, 0.1) is 30.9 Å². The van der Waals surface area contributed by atoms with Gasteiger partial charge >= 0.3 is 0 Å². The van der Waals surface area contributed by atoms with Gasteiger partial charge in [-0.15, -0.1) is 0 Å². The molecule has 29 heavy (non-hydrogen) atoms. The van der Waals surface area contributed by atoms with Gasteiger partial charge in [-0.1, -0.05) is 18.2 Å². The number of aromatic amines is 1. The van der Waals surface area contributed by atoms with Gasteiger partial charge in [0.2, 0.25) is 0 Å². The number of benzene rings is 2. The third-order valence-electron chi connectivity index (χ3n) is 4.57. The van der Waals surface area contributed by atoms with Crippen LogP contribution in [0.2, 0.25) is 0 Å². The van der Waals surface area contributed by atoms with Crippen molar-refractivity contribution >= 4 is 17.8 Å². The molecule has 0 saturated carbocycles. The summed E-state index contributed by atoms with van der Waals surface area (Å²) in [4.78, 5) is 35.3. The number of hydrogen-bond donors (Lipinski definition) is 2. The fourth-order valence-corrected chi connectivity index (χ4v) is 2.80. The number of H-pyrrole nitrogens is 1. The largest absolute Gasteiger partial charge is 0.295 e. The van der Waals surface area contributed by atoms with E-state index in [9.17, 15) is 19.7 Å². The average Bonchev–Trinajstić information content (AvgIpc) is 2.98. The van der Waals surface area contributed by atoms with E-state index >= 15 is 0 Å². The molecule has 2 N–H and O–H groups in total. The van der Waals surface area contributed by atoms with Gasteiger partial charge in [0, 0.05) is 11.8 Å². The van der Waals surface area contributed by atoms with Crippen LogP contribution in [0.5, 0.6) is 0 Å². The highest BCUT2D eigenvalue weighted by atomic mass is 16.6. The molecule has 3 rings (SSSR count). The highest BCUT2D eigenvalue weighted by Crippen LogP contribution is 2.17. The number of amides is 1. The highest BCUT2D eigenvalue weighted by Gasteiger charge is 2.18. The predicted octanol–water partition coefficient (Wildman–Crippen LogP) is 2.76. The first kappa shape index (κ1) is 19.7. The molecule has 0 aliphatic rings. The zero-order chi connectivity index (χ0) is 21.1. The number of nitro groups is 1. The monoisotopic (exact) mass is 393 g/mol. The third kappa shape index (κ3) is 3.98. The molecule has 9 heteroatoms. The maximum Gasteiger partial charge on any atom is 0.282 e. The number of hydrogen-bond acceptors (Lipinski definition) is 5. The number of rotatable bonds is 5. The molecule has 0 spiro atoms. The second-order valence-electron chi connectivity index (χ2n) is 6.53. The smallest absolute Gasteiger partial charge is 0.282 e. The molecule has 0 fully saturated rings. The van der Waals surface area contributed by atoms with Crippen LogP contribution >= 0.6 is 0 Å². The molecule has 0 radical (unpaired) electrons. The number of carbonyl (C=O) groups excluding carboxylic acids is 1. The summed E-state index contributed by atoms with van der Waals surface area (Å²) in [6.45, 7) is 5.66. The summed E-state index contributed by atoms with van der Waals surface area (Å²) in [5.74, 6) is -0.740. The van der Waals surface area contributed by atoms with Crippen LogP contribution in [-0.2, 0) is 0 Å². The second kappa shape index (κ2) is 7.93. The van der Waals surface area contributed by atoms with E-state index in [0.29, 0.717) is 11.4 Å². The van der Waals surface area contributed by atoms with Gasteiger partial charge in [-0.05, 0) is 50.1 Å². The Morgan fingerprint density at radius 2 is 1.90 bits per heavy atom. The van der Waals surface area contributed by atoms with E-state index in [-0.39, 0.29) is 22.4 Å². The van der Waals surface area contributed by atoms with Gasteiger partial charge in [0.1, 0.15) is 5.56 Å². The first-order chi connectivity index (χ1) is 13.8. The van der Waals surface area contributed by atoms with Crippen molar-refractivity contribution in [2.75, 3.05) is 0 Å².